The van der Waals surface area contributed by atoms with Crippen molar-refractivity contribution in [1.82, 2.24) is 10.2 Å². The second-order valence-electron chi connectivity index (χ2n) is 8.06. The van der Waals surface area contributed by atoms with Crippen LogP contribution >= 0.6 is 0 Å². The van der Waals surface area contributed by atoms with Crippen LogP contribution in [0.2, 0.25) is 0 Å². The summed E-state index contributed by atoms with van der Waals surface area (Å²) >= 11 is 0. The molecule has 4 rings (SSSR count). The lowest BCUT2D eigenvalue weighted by Crippen LogP contribution is -2.76. The number of carbonyl (C=O) groups excluding carboxylic acids is 1. The SMILES string of the molecule is CC(=O)NC1=C2CCCN3CCC[C@]4(O)[C@H](C1)C[C@@H](C)C[C@@]234. The molecule has 0 radical (unpaired) electrons. The highest BCUT2D eigenvalue weighted by Crippen LogP contribution is 2.61. The van der Waals surface area contributed by atoms with Crippen LogP contribution in [-0.4, -0.2) is 40.1 Å². The molecule has 0 unspecified atom stereocenters. The van der Waals surface area contributed by atoms with Crippen LogP contribution < -0.4 is 5.32 Å². The maximum Gasteiger partial charge on any atom is 0.220 e. The Morgan fingerprint density at radius 1 is 1.36 bits per heavy atom. The Kier molecular flexibility index (Phi) is 3.22. The van der Waals surface area contributed by atoms with E-state index in [1.165, 1.54) is 5.57 Å². The molecule has 1 spiro atoms. The number of nitrogens with one attached hydrogen (secondary N) is 1. The molecular weight excluding hydrogens is 276 g/mol. The average molecular weight is 304 g/mol. The first-order valence-corrected chi connectivity index (χ1v) is 8.95. The summed E-state index contributed by atoms with van der Waals surface area (Å²) in [5.74, 6) is 0.976. The fraction of sp³-hybridized carbons (Fsp3) is 0.833. The third kappa shape index (κ3) is 1.74. The van der Waals surface area contributed by atoms with Crippen molar-refractivity contribution in [2.24, 2.45) is 11.8 Å². The van der Waals surface area contributed by atoms with E-state index in [0.717, 1.165) is 63.7 Å². The molecule has 0 aromatic rings. The molecule has 2 aliphatic carbocycles. The first-order chi connectivity index (χ1) is 10.5. The van der Waals surface area contributed by atoms with Crippen molar-refractivity contribution in [1.29, 1.82) is 0 Å². The van der Waals surface area contributed by atoms with E-state index in [4.69, 9.17) is 0 Å². The lowest BCUT2D eigenvalue weighted by Gasteiger charge is -2.68. The molecular formula is C18H28N2O2. The molecule has 1 amide bonds. The van der Waals surface area contributed by atoms with Gasteiger partial charge < -0.3 is 10.4 Å². The summed E-state index contributed by atoms with van der Waals surface area (Å²) in [6.45, 7) is 6.13. The van der Waals surface area contributed by atoms with Crippen molar-refractivity contribution in [2.45, 2.75) is 69.9 Å². The van der Waals surface area contributed by atoms with E-state index in [0.29, 0.717) is 11.8 Å². The van der Waals surface area contributed by atoms with Gasteiger partial charge in [-0.1, -0.05) is 6.92 Å². The zero-order chi connectivity index (χ0) is 15.5. The second kappa shape index (κ2) is 4.81. The maximum atomic E-state index is 11.7. The van der Waals surface area contributed by atoms with Gasteiger partial charge in [-0.15, -0.1) is 0 Å². The molecule has 0 aromatic heterocycles. The quantitative estimate of drug-likeness (QED) is 0.781. The van der Waals surface area contributed by atoms with Gasteiger partial charge in [-0.25, -0.2) is 0 Å². The van der Waals surface area contributed by atoms with E-state index in [-0.39, 0.29) is 11.4 Å². The number of carbonyl (C=O) groups is 1. The number of amides is 1. The van der Waals surface area contributed by atoms with Crippen molar-refractivity contribution in [3.8, 4) is 0 Å². The largest absolute Gasteiger partial charge is 0.387 e. The fourth-order valence-electron chi connectivity index (χ4n) is 6.22. The zero-order valence-corrected chi connectivity index (χ0v) is 13.8. The van der Waals surface area contributed by atoms with Gasteiger partial charge in [-0.2, -0.15) is 0 Å². The Labute approximate surface area is 132 Å². The molecule has 4 atom stereocenters. The summed E-state index contributed by atoms with van der Waals surface area (Å²) < 4.78 is 0. The first kappa shape index (κ1) is 14.7. The van der Waals surface area contributed by atoms with Crippen molar-refractivity contribution in [3.05, 3.63) is 11.3 Å². The summed E-state index contributed by atoms with van der Waals surface area (Å²) in [5, 5.41) is 14.9. The third-order valence-electron chi connectivity index (χ3n) is 6.74. The van der Waals surface area contributed by atoms with Crippen molar-refractivity contribution in [3.63, 3.8) is 0 Å². The lowest BCUT2D eigenvalue weighted by atomic mass is 9.49. The number of aliphatic hydroxyl groups is 1. The Morgan fingerprint density at radius 2 is 2.14 bits per heavy atom. The average Bonchev–Trinajstić information content (AvgIpc) is 2.43. The highest BCUT2D eigenvalue weighted by atomic mass is 16.3. The molecule has 4 heteroatoms. The molecule has 2 N–H and O–H groups in total. The van der Waals surface area contributed by atoms with E-state index in [1.807, 2.05) is 0 Å². The molecule has 2 bridgehead atoms. The summed E-state index contributed by atoms with van der Waals surface area (Å²) in [7, 11) is 0. The summed E-state index contributed by atoms with van der Waals surface area (Å²) in [6.07, 6.45) is 7.21. The number of hydrogen-bond donors (Lipinski definition) is 2. The summed E-state index contributed by atoms with van der Waals surface area (Å²) in [4.78, 5) is 14.2. The third-order valence-corrected chi connectivity index (χ3v) is 6.74. The van der Waals surface area contributed by atoms with Gasteiger partial charge in [0, 0.05) is 12.6 Å². The maximum absolute atomic E-state index is 11.7. The number of hydrogen-bond acceptors (Lipinski definition) is 3. The van der Waals surface area contributed by atoms with E-state index in [1.54, 1.807) is 6.92 Å². The lowest BCUT2D eigenvalue weighted by molar-refractivity contribution is -0.203. The van der Waals surface area contributed by atoms with Crippen LogP contribution in [0.3, 0.4) is 0 Å². The van der Waals surface area contributed by atoms with Gasteiger partial charge in [0.2, 0.25) is 5.91 Å². The smallest absolute Gasteiger partial charge is 0.220 e. The molecule has 0 aromatic carbocycles. The van der Waals surface area contributed by atoms with Gasteiger partial charge in [0.1, 0.15) is 0 Å². The molecule has 22 heavy (non-hydrogen) atoms. The first-order valence-electron chi connectivity index (χ1n) is 8.95. The zero-order valence-electron chi connectivity index (χ0n) is 13.8. The van der Waals surface area contributed by atoms with E-state index < -0.39 is 5.60 Å². The van der Waals surface area contributed by atoms with Crippen LogP contribution in [0.15, 0.2) is 11.3 Å². The minimum atomic E-state index is -0.574. The van der Waals surface area contributed by atoms with Crippen LogP contribution in [0.4, 0.5) is 0 Å². The summed E-state index contributed by atoms with van der Waals surface area (Å²) in [5.41, 5.74) is 1.73. The van der Waals surface area contributed by atoms with Crippen molar-refractivity contribution >= 4 is 5.91 Å². The van der Waals surface area contributed by atoms with Crippen molar-refractivity contribution < 1.29 is 9.90 Å². The predicted molar refractivity (Wildman–Crippen MR) is 85.1 cm³/mol. The minimum Gasteiger partial charge on any atom is -0.387 e. The van der Waals surface area contributed by atoms with Gasteiger partial charge >= 0.3 is 0 Å². The molecule has 4 nitrogen and oxygen atoms in total. The molecule has 4 aliphatic rings. The van der Waals surface area contributed by atoms with Crippen LogP contribution in [0.5, 0.6) is 0 Å². The Balaban J connectivity index is 1.90. The number of nitrogens with zero attached hydrogens (tertiary/aromatic N) is 1. The molecule has 1 saturated carbocycles. The predicted octanol–water partition coefficient (Wildman–Crippen LogP) is 2.19. The highest BCUT2D eigenvalue weighted by Gasteiger charge is 2.66. The number of piperidine rings is 2. The Bertz CT molecular complexity index is 541. The van der Waals surface area contributed by atoms with Crippen LogP contribution in [0.1, 0.15) is 58.8 Å². The van der Waals surface area contributed by atoms with E-state index >= 15 is 0 Å². The Hall–Kier alpha value is -0.870. The Morgan fingerprint density at radius 3 is 2.91 bits per heavy atom. The van der Waals surface area contributed by atoms with Crippen LogP contribution in [-0.2, 0) is 4.79 Å². The van der Waals surface area contributed by atoms with Crippen LogP contribution in [0.25, 0.3) is 0 Å². The minimum absolute atomic E-state index is 0.0309. The standard InChI is InChI=1S/C18H28N2O2/c1-12-9-14-10-16(19-13(2)21)15-5-3-7-20-8-4-6-18(14,22)17(15,20)11-12/h12,14,22H,3-11H2,1-2H3,(H,19,21)/t12-,14+,17+,18+/m1/s1. The van der Waals surface area contributed by atoms with E-state index in [2.05, 4.69) is 17.1 Å². The molecule has 3 fully saturated rings. The van der Waals surface area contributed by atoms with Crippen LogP contribution in [0, 0.1) is 11.8 Å². The van der Waals surface area contributed by atoms with Crippen molar-refractivity contribution in [2.75, 3.05) is 13.1 Å². The van der Waals surface area contributed by atoms with E-state index in [9.17, 15) is 9.90 Å². The van der Waals surface area contributed by atoms with Gasteiger partial charge in [0.05, 0.1) is 11.1 Å². The second-order valence-corrected chi connectivity index (χ2v) is 8.06. The molecule has 2 saturated heterocycles. The van der Waals surface area contributed by atoms with Gasteiger partial charge in [0.15, 0.2) is 0 Å². The number of allylic oxidation sites excluding steroid dienone is 1. The number of rotatable bonds is 1. The monoisotopic (exact) mass is 304 g/mol. The van der Waals surface area contributed by atoms with Gasteiger partial charge in [-0.3, -0.25) is 9.69 Å². The molecule has 2 heterocycles. The normalized spacial score (nSPS) is 44.5. The topological polar surface area (TPSA) is 52.6 Å². The van der Waals surface area contributed by atoms with Gasteiger partial charge in [0.25, 0.3) is 0 Å². The van der Waals surface area contributed by atoms with Gasteiger partial charge in [-0.05, 0) is 75.4 Å². The molecule has 122 valence electrons. The highest BCUT2D eigenvalue weighted by molar-refractivity contribution is 5.75. The summed E-state index contributed by atoms with van der Waals surface area (Å²) in [6, 6.07) is 0. The molecule has 2 aliphatic heterocycles. The fourth-order valence-corrected chi connectivity index (χ4v) is 6.22.